The number of likely N-dealkylation sites (N-methyl/N-ethyl adjacent to an activating group) is 1. The highest BCUT2D eigenvalue weighted by molar-refractivity contribution is 7.90. The highest BCUT2D eigenvalue weighted by Gasteiger charge is 2.48. The number of nitrogens with one attached hydrogen (secondary N) is 3. The molecule has 0 spiro atoms. The quantitative estimate of drug-likeness (QED) is 0.0214. The third-order valence-electron chi connectivity index (χ3n) is 13.0. The number of nitrogens with zero attached hydrogens (tertiary/aromatic N) is 5. The van der Waals surface area contributed by atoms with Crippen LogP contribution in [0.1, 0.15) is 63.4 Å². The molecule has 27 nitrogen and oxygen atoms in total. The fourth-order valence-electron chi connectivity index (χ4n) is 8.44. The van der Waals surface area contributed by atoms with Gasteiger partial charge in [0.1, 0.15) is 58.6 Å². The first kappa shape index (κ1) is 59.9. The molecular weight excluding hydrogens is 1050 g/mol. The Morgan fingerprint density at radius 2 is 1.53 bits per heavy atom. The van der Waals surface area contributed by atoms with Crippen molar-refractivity contribution in [2.45, 2.75) is 101 Å². The van der Waals surface area contributed by atoms with Gasteiger partial charge in [-0.25, -0.2) is 18.0 Å². The molecule has 2 fully saturated rings. The molecule has 1 unspecified atom stereocenters. The van der Waals surface area contributed by atoms with Gasteiger partial charge in [0.25, 0.3) is 22.7 Å². The number of amides is 6. The lowest BCUT2D eigenvalue weighted by Gasteiger charge is -2.38. The van der Waals surface area contributed by atoms with Crippen LogP contribution in [0.3, 0.4) is 0 Å². The Kier molecular flexibility index (Phi) is 21.3. The number of imide groups is 1. The summed E-state index contributed by atoms with van der Waals surface area (Å²) in [6.45, 7) is -0.662. The molecule has 1 aromatic heterocycles. The van der Waals surface area contributed by atoms with E-state index in [1.165, 1.54) is 25.2 Å². The molecule has 2 saturated heterocycles. The van der Waals surface area contributed by atoms with Crippen LogP contribution in [-0.2, 0) is 59.4 Å². The van der Waals surface area contributed by atoms with Gasteiger partial charge in [-0.1, -0.05) is 25.3 Å². The predicted octanol–water partition coefficient (Wildman–Crippen LogP) is -0.195. The number of rotatable bonds is 28. The Bertz CT molecular complexity index is 2840. The SMILES string of the molecule is CN(CC(=O)Nc1cc(COC(=O)N(CCS(C)(=O)=O)COC2CCN(C(=O)CCCCCCCNc3c(Nc4ccncc4)c(=O)c3=O)CC2)ccc1O[C@@H]1O[C@H](C(=O)O)[C@@H](O)[C@H](O)C1O)C(=O)CCN1C(=O)C=CC1=O. The molecule has 6 amide bonds. The third kappa shape index (κ3) is 16.8. The number of carboxylic acids is 1. The number of aliphatic hydroxyl groups is 3. The number of carbonyl (C=O) groups excluding carboxylic acids is 6. The molecule has 0 radical (unpaired) electrons. The maximum Gasteiger partial charge on any atom is 0.411 e. The summed E-state index contributed by atoms with van der Waals surface area (Å²) in [5.74, 6) is -5.03. The molecule has 2 aromatic carbocycles. The number of carboxylic acid groups (broad SMARTS) is 1. The fraction of sp³-hybridized carbons (Fsp3) is 0.520. The molecule has 424 valence electrons. The number of hydrogen-bond donors (Lipinski definition) is 7. The Morgan fingerprint density at radius 3 is 2.21 bits per heavy atom. The maximum atomic E-state index is 13.5. The smallest absolute Gasteiger partial charge is 0.411 e. The number of aliphatic carboxylic acids is 1. The summed E-state index contributed by atoms with van der Waals surface area (Å²) in [7, 11) is -2.28. The lowest BCUT2D eigenvalue weighted by Crippen LogP contribution is -2.61. The first-order chi connectivity index (χ1) is 37.1. The van der Waals surface area contributed by atoms with Crippen molar-refractivity contribution in [3.05, 3.63) is 80.9 Å². The summed E-state index contributed by atoms with van der Waals surface area (Å²) >= 11 is 0. The highest BCUT2D eigenvalue weighted by Crippen LogP contribution is 2.32. The number of piperidine rings is 1. The van der Waals surface area contributed by atoms with E-state index in [0.717, 1.165) is 58.8 Å². The second-order valence-corrected chi connectivity index (χ2v) is 21.2. The lowest BCUT2D eigenvalue weighted by molar-refractivity contribution is -0.271. The fourth-order valence-corrected chi connectivity index (χ4v) is 8.99. The van der Waals surface area contributed by atoms with Crippen LogP contribution >= 0.6 is 0 Å². The maximum absolute atomic E-state index is 13.5. The highest BCUT2D eigenvalue weighted by atomic mass is 32.2. The minimum atomic E-state index is -3.57. The van der Waals surface area contributed by atoms with Crippen LogP contribution in [-0.4, -0.2) is 197 Å². The number of unbranched alkanes of at least 4 members (excludes halogenated alkanes) is 4. The van der Waals surface area contributed by atoms with Crippen molar-refractivity contribution in [1.29, 1.82) is 0 Å². The van der Waals surface area contributed by atoms with Gasteiger partial charge in [0.15, 0.2) is 6.10 Å². The number of benzene rings is 1. The molecule has 0 bridgehead atoms. The molecule has 6 rings (SSSR count). The summed E-state index contributed by atoms with van der Waals surface area (Å²) in [5.41, 5.74) is 0.0236. The predicted molar refractivity (Wildman–Crippen MR) is 275 cm³/mol. The first-order valence-corrected chi connectivity index (χ1v) is 27.2. The Hall–Kier alpha value is -7.37. The third-order valence-corrected chi connectivity index (χ3v) is 13.9. The van der Waals surface area contributed by atoms with Crippen LogP contribution in [0.5, 0.6) is 5.75 Å². The summed E-state index contributed by atoms with van der Waals surface area (Å²) in [5, 5.41) is 49.2. The average molecular weight is 1110 g/mol. The van der Waals surface area contributed by atoms with Gasteiger partial charge in [0.05, 0.1) is 24.1 Å². The summed E-state index contributed by atoms with van der Waals surface area (Å²) in [4.78, 5) is 121. The molecule has 5 atom stereocenters. The van der Waals surface area contributed by atoms with Gasteiger partial charge < -0.3 is 65.1 Å². The van der Waals surface area contributed by atoms with Crippen molar-refractivity contribution in [3.63, 3.8) is 0 Å². The molecule has 3 aromatic rings. The van der Waals surface area contributed by atoms with Crippen molar-refractivity contribution in [1.82, 2.24) is 24.6 Å². The monoisotopic (exact) mass is 1110 g/mol. The normalized spacial score (nSPS) is 19.6. The van der Waals surface area contributed by atoms with Gasteiger partial charge in [-0.3, -0.25) is 48.3 Å². The van der Waals surface area contributed by atoms with Crippen molar-refractivity contribution >= 4 is 74.2 Å². The van der Waals surface area contributed by atoms with Crippen LogP contribution < -0.4 is 31.5 Å². The number of carbonyl (C=O) groups is 7. The molecule has 3 aliphatic rings. The van der Waals surface area contributed by atoms with Crippen molar-refractivity contribution in [2.75, 3.05) is 81.0 Å². The Labute approximate surface area is 447 Å². The lowest BCUT2D eigenvalue weighted by atomic mass is 9.99. The topological polar surface area (TPSA) is 368 Å². The largest absolute Gasteiger partial charge is 0.479 e. The van der Waals surface area contributed by atoms with E-state index in [1.807, 2.05) is 0 Å². The van der Waals surface area contributed by atoms with Gasteiger partial charge >= 0.3 is 12.1 Å². The van der Waals surface area contributed by atoms with Crippen molar-refractivity contribution in [3.8, 4) is 5.75 Å². The van der Waals surface area contributed by atoms with Crippen LogP contribution in [0, 0.1) is 0 Å². The van der Waals surface area contributed by atoms with Gasteiger partial charge in [0, 0.05) is 89.1 Å². The van der Waals surface area contributed by atoms with E-state index in [-0.39, 0.29) is 66.6 Å². The molecule has 3 aliphatic heterocycles. The number of anilines is 4. The number of ether oxygens (including phenoxy) is 4. The van der Waals surface area contributed by atoms with Gasteiger partial charge in [-0.15, -0.1) is 0 Å². The zero-order valence-electron chi connectivity index (χ0n) is 42.9. The van der Waals surface area contributed by atoms with E-state index in [9.17, 15) is 72.0 Å². The van der Waals surface area contributed by atoms with Crippen LogP contribution in [0.4, 0.5) is 27.5 Å². The van der Waals surface area contributed by atoms with E-state index in [2.05, 4.69) is 20.9 Å². The molecule has 7 N–H and O–H groups in total. The van der Waals surface area contributed by atoms with Crippen LogP contribution in [0.15, 0.2) is 64.5 Å². The first-order valence-electron chi connectivity index (χ1n) is 25.1. The number of aromatic nitrogens is 1. The second-order valence-electron chi connectivity index (χ2n) is 18.9. The molecular formula is C50H64N8O19S. The zero-order valence-corrected chi connectivity index (χ0v) is 43.8. The minimum absolute atomic E-state index is 0.00125. The second kappa shape index (κ2) is 27.8. The van der Waals surface area contributed by atoms with Crippen molar-refractivity contribution in [2.24, 2.45) is 0 Å². The molecule has 0 aliphatic carbocycles. The standard InChI is InChI=1S/C50H64N8O19S/c1-55(36(60)17-23-58-38(62)11-12-39(58)63)27-35(59)54-33-26-30(9-10-34(33)76-49-46(68)44(66)45(67)47(77-49)48(69)70)28-74-50(71)57(24-25-78(2,72)73)29-75-32-15-21-56(22-16-32)37(61)8-6-4-3-5-7-18-52-40-41(43(65)42(40)64)53-31-13-19-51-20-14-31/h9-14,19-20,26,32,44-47,49,52,66-68H,3-8,15-18,21-25,27-29H2,1-2H3,(H,51,53)(H,54,59)(H,69,70)/t44-,45-,46?,47-,49+/m0/s1. The number of aliphatic hydroxyl groups excluding tert-OH is 3. The molecule has 78 heavy (non-hydrogen) atoms. The molecule has 28 heteroatoms. The Balaban J connectivity index is 0.973. The van der Waals surface area contributed by atoms with Gasteiger partial charge in [0.2, 0.25) is 24.0 Å². The van der Waals surface area contributed by atoms with E-state index in [0.29, 0.717) is 51.0 Å². The zero-order chi connectivity index (χ0) is 56.7. The number of pyridine rings is 1. The minimum Gasteiger partial charge on any atom is -0.479 e. The van der Waals surface area contributed by atoms with Gasteiger partial charge in [-0.05, 0) is 55.5 Å². The number of hydrogen-bond acceptors (Lipinski definition) is 21. The van der Waals surface area contributed by atoms with E-state index in [1.54, 1.807) is 29.4 Å². The van der Waals surface area contributed by atoms with E-state index in [4.69, 9.17) is 18.9 Å². The molecule has 0 saturated carbocycles. The summed E-state index contributed by atoms with van der Waals surface area (Å²) in [6.07, 6.45) is -0.151. The van der Waals surface area contributed by atoms with Crippen LogP contribution in [0.25, 0.3) is 0 Å². The average Bonchev–Trinajstić information content (AvgIpc) is 3.73. The van der Waals surface area contributed by atoms with Crippen molar-refractivity contribution < 1.29 is 81.4 Å². The van der Waals surface area contributed by atoms with E-state index < -0.39 is 106 Å². The molecule has 4 heterocycles. The number of sulfone groups is 1. The van der Waals surface area contributed by atoms with Crippen LogP contribution in [0.2, 0.25) is 0 Å². The van der Waals surface area contributed by atoms with Gasteiger partial charge in [-0.2, -0.15) is 0 Å². The van der Waals surface area contributed by atoms with E-state index >= 15 is 0 Å². The Morgan fingerprint density at radius 1 is 0.859 bits per heavy atom. The summed E-state index contributed by atoms with van der Waals surface area (Å²) in [6, 6.07) is 7.23. The number of likely N-dealkylation sites (tertiary alicyclic amines) is 1. The summed E-state index contributed by atoms with van der Waals surface area (Å²) < 4.78 is 46.9.